The van der Waals surface area contributed by atoms with Crippen molar-refractivity contribution >= 4 is 27.3 Å². The van der Waals surface area contributed by atoms with E-state index < -0.39 is 10.0 Å². The predicted octanol–water partition coefficient (Wildman–Crippen LogP) is 4.00. The zero-order chi connectivity index (χ0) is 18.6. The van der Waals surface area contributed by atoms with Crippen molar-refractivity contribution in [2.75, 3.05) is 4.31 Å². The highest BCUT2D eigenvalue weighted by Crippen LogP contribution is 2.27. The molecule has 0 spiro atoms. The molecular weight excluding hydrogens is 370 g/mol. The van der Waals surface area contributed by atoms with Gasteiger partial charge in [0.25, 0.3) is 10.0 Å². The number of benzene rings is 2. The standard InChI is InChI=1S/C19H14ClN3O2S/c20-17-6-8-18(9-7-17)23(14-16-4-2-10-22-13-16)26(24,25)19-5-1-3-15(11-19)12-21/h1-11,13H,14H2. The Morgan fingerprint density at radius 1 is 1.08 bits per heavy atom. The van der Waals surface area contributed by atoms with Gasteiger partial charge in [-0.2, -0.15) is 5.26 Å². The highest BCUT2D eigenvalue weighted by atomic mass is 35.5. The Morgan fingerprint density at radius 3 is 2.50 bits per heavy atom. The molecule has 1 heterocycles. The number of hydrogen-bond donors (Lipinski definition) is 0. The molecule has 3 rings (SSSR count). The van der Waals surface area contributed by atoms with Gasteiger partial charge in [-0.3, -0.25) is 9.29 Å². The highest BCUT2D eigenvalue weighted by Gasteiger charge is 2.25. The molecule has 3 aromatic rings. The van der Waals surface area contributed by atoms with Crippen LogP contribution in [0.1, 0.15) is 11.1 Å². The Bertz CT molecular complexity index is 1050. The molecule has 0 unspecified atom stereocenters. The molecule has 0 saturated heterocycles. The van der Waals surface area contributed by atoms with Crippen LogP contribution in [-0.2, 0) is 16.6 Å². The Kier molecular flexibility index (Phi) is 5.21. The number of aromatic nitrogens is 1. The Balaban J connectivity index is 2.09. The zero-order valence-electron chi connectivity index (χ0n) is 13.6. The number of pyridine rings is 1. The minimum atomic E-state index is -3.89. The van der Waals surface area contributed by atoms with Crippen LogP contribution in [0, 0.1) is 11.3 Å². The van der Waals surface area contributed by atoms with Crippen LogP contribution in [-0.4, -0.2) is 13.4 Å². The third-order valence-corrected chi connectivity index (χ3v) is 5.74. The summed E-state index contributed by atoms with van der Waals surface area (Å²) in [6.45, 7) is 0.106. The van der Waals surface area contributed by atoms with Crippen LogP contribution in [0.4, 0.5) is 5.69 Å². The summed E-state index contributed by atoms with van der Waals surface area (Å²) in [5, 5.41) is 9.58. The molecule has 5 nitrogen and oxygen atoms in total. The van der Waals surface area contributed by atoms with Gasteiger partial charge < -0.3 is 0 Å². The summed E-state index contributed by atoms with van der Waals surface area (Å²) >= 11 is 5.93. The molecule has 0 bridgehead atoms. The molecule has 0 fully saturated rings. The lowest BCUT2D eigenvalue weighted by Crippen LogP contribution is -2.30. The van der Waals surface area contributed by atoms with Crippen molar-refractivity contribution in [2.24, 2.45) is 0 Å². The van der Waals surface area contributed by atoms with Crippen LogP contribution in [0.15, 0.2) is 78.0 Å². The minimum Gasteiger partial charge on any atom is -0.264 e. The van der Waals surface area contributed by atoms with Crippen LogP contribution in [0.2, 0.25) is 5.02 Å². The zero-order valence-corrected chi connectivity index (χ0v) is 15.2. The lowest BCUT2D eigenvalue weighted by Gasteiger charge is -2.24. The van der Waals surface area contributed by atoms with Crippen molar-refractivity contribution in [3.63, 3.8) is 0 Å². The van der Waals surface area contributed by atoms with Gasteiger partial charge in [-0.25, -0.2) is 8.42 Å². The first kappa shape index (κ1) is 17.9. The molecule has 0 atom stereocenters. The average molecular weight is 384 g/mol. The van der Waals surface area contributed by atoms with E-state index in [0.29, 0.717) is 10.7 Å². The van der Waals surface area contributed by atoms with Crippen molar-refractivity contribution in [1.82, 2.24) is 4.98 Å². The molecule has 2 aromatic carbocycles. The molecule has 0 aliphatic carbocycles. The Morgan fingerprint density at radius 2 is 1.85 bits per heavy atom. The van der Waals surface area contributed by atoms with E-state index >= 15 is 0 Å². The quantitative estimate of drug-likeness (QED) is 0.667. The summed E-state index contributed by atoms with van der Waals surface area (Å²) in [4.78, 5) is 4.09. The van der Waals surface area contributed by atoms with E-state index in [2.05, 4.69) is 4.98 Å². The molecule has 1 aromatic heterocycles. The second-order valence-electron chi connectivity index (χ2n) is 5.49. The fraction of sp³-hybridized carbons (Fsp3) is 0.0526. The smallest absolute Gasteiger partial charge is 0.264 e. The summed E-state index contributed by atoms with van der Waals surface area (Å²) in [5.74, 6) is 0. The van der Waals surface area contributed by atoms with Gasteiger partial charge in [-0.15, -0.1) is 0 Å². The molecule has 0 N–H and O–H groups in total. The summed E-state index contributed by atoms with van der Waals surface area (Å²) in [5.41, 5.74) is 1.49. The number of anilines is 1. The first-order valence-electron chi connectivity index (χ1n) is 7.68. The van der Waals surface area contributed by atoms with Gasteiger partial charge in [-0.05, 0) is 54.1 Å². The van der Waals surface area contributed by atoms with E-state index in [9.17, 15) is 8.42 Å². The summed E-state index contributed by atoms with van der Waals surface area (Å²) in [7, 11) is -3.89. The maximum atomic E-state index is 13.3. The van der Waals surface area contributed by atoms with E-state index in [1.54, 1.807) is 60.9 Å². The van der Waals surface area contributed by atoms with E-state index in [-0.39, 0.29) is 17.0 Å². The van der Waals surface area contributed by atoms with Crippen molar-refractivity contribution in [3.05, 3.63) is 89.2 Å². The molecule has 0 saturated carbocycles. The van der Waals surface area contributed by atoms with Crippen LogP contribution < -0.4 is 4.31 Å². The fourth-order valence-corrected chi connectivity index (χ4v) is 4.06. The van der Waals surface area contributed by atoms with Crippen molar-refractivity contribution in [3.8, 4) is 6.07 Å². The number of nitrogens with zero attached hydrogens (tertiary/aromatic N) is 3. The molecular formula is C19H14ClN3O2S. The van der Waals surface area contributed by atoms with Crippen molar-refractivity contribution < 1.29 is 8.42 Å². The largest absolute Gasteiger partial charge is 0.264 e. The van der Waals surface area contributed by atoms with Crippen LogP contribution in [0.25, 0.3) is 0 Å². The predicted molar refractivity (Wildman–Crippen MR) is 100 cm³/mol. The van der Waals surface area contributed by atoms with Gasteiger partial charge in [0.1, 0.15) is 0 Å². The third kappa shape index (κ3) is 3.85. The lowest BCUT2D eigenvalue weighted by atomic mass is 10.2. The van der Waals surface area contributed by atoms with Crippen LogP contribution in [0.5, 0.6) is 0 Å². The minimum absolute atomic E-state index is 0.0513. The highest BCUT2D eigenvalue weighted by molar-refractivity contribution is 7.92. The van der Waals surface area contributed by atoms with Crippen molar-refractivity contribution in [2.45, 2.75) is 11.4 Å². The van der Waals surface area contributed by atoms with Crippen LogP contribution in [0.3, 0.4) is 0 Å². The molecule has 0 aliphatic rings. The molecule has 130 valence electrons. The fourth-order valence-electron chi connectivity index (χ4n) is 2.43. The summed E-state index contributed by atoms with van der Waals surface area (Å²) in [6, 6.07) is 18.0. The maximum absolute atomic E-state index is 13.3. The summed E-state index contributed by atoms with van der Waals surface area (Å²) < 4.78 is 27.8. The molecule has 0 amide bonds. The van der Waals surface area contributed by atoms with Gasteiger partial charge >= 0.3 is 0 Å². The maximum Gasteiger partial charge on any atom is 0.264 e. The first-order chi connectivity index (χ1) is 12.5. The summed E-state index contributed by atoms with van der Waals surface area (Å²) in [6.07, 6.45) is 3.24. The Labute approximate surface area is 157 Å². The van der Waals surface area contributed by atoms with Gasteiger partial charge in [0, 0.05) is 17.4 Å². The van der Waals surface area contributed by atoms with Gasteiger partial charge in [0.2, 0.25) is 0 Å². The molecule has 0 radical (unpaired) electrons. The first-order valence-corrected chi connectivity index (χ1v) is 9.50. The Hall–Kier alpha value is -2.88. The second-order valence-corrected chi connectivity index (χ2v) is 7.79. The van der Waals surface area contributed by atoms with E-state index in [1.165, 1.54) is 16.4 Å². The normalized spacial score (nSPS) is 10.9. The van der Waals surface area contributed by atoms with Crippen LogP contribution >= 0.6 is 11.6 Å². The second kappa shape index (κ2) is 7.56. The number of sulfonamides is 1. The molecule has 7 heteroatoms. The number of halogens is 1. The topological polar surface area (TPSA) is 74.1 Å². The monoisotopic (exact) mass is 383 g/mol. The molecule has 0 aliphatic heterocycles. The number of rotatable bonds is 5. The van der Waals surface area contributed by atoms with Gasteiger partial charge in [0.15, 0.2) is 0 Å². The third-order valence-electron chi connectivity index (χ3n) is 3.71. The van der Waals surface area contributed by atoms with E-state index in [4.69, 9.17) is 16.9 Å². The molecule has 26 heavy (non-hydrogen) atoms. The average Bonchev–Trinajstić information content (AvgIpc) is 2.68. The lowest BCUT2D eigenvalue weighted by molar-refractivity contribution is 0.590. The van der Waals surface area contributed by atoms with E-state index in [1.807, 2.05) is 6.07 Å². The van der Waals surface area contributed by atoms with E-state index in [0.717, 1.165) is 5.56 Å². The number of hydrogen-bond acceptors (Lipinski definition) is 4. The number of nitriles is 1. The SMILES string of the molecule is N#Cc1cccc(S(=O)(=O)N(Cc2cccnc2)c2ccc(Cl)cc2)c1. The van der Waals surface area contributed by atoms with Gasteiger partial charge in [-0.1, -0.05) is 23.7 Å². The van der Waals surface area contributed by atoms with Crippen molar-refractivity contribution in [1.29, 1.82) is 5.26 Å². The van der Waals surface area contributed by atoms with Gasteiger partial charge in [0.05, 0.1) is 28.8 Å².